The lowest BCUT2D eigenvalue weighted by Gasteiger charge is -2.02. The summed E-state index contributed by atoms with van der Waals surface area (Å²) in [5.74, 6) is -0.179. The number of aliphatic hydroxyl groups excluding tert-OH is 1. The first-order valence-electron chi connectivity index (χ1n) is 3.77. The van der Waals surface area contributed by atoms with Crippen molar-refractivity contribution in [2.75, 3.05) is 14.2 Å². The Labute approximate surface area is 96.2 Å². The quantitative estimate of drug-likeness (QED) is 0.827. The van der Waals surface area contributed by atoms with E-state index in [0.717, 1.165) is 11.6 Å². The predicted octanol–water partition coefficient (Wildman–Crippen LogP) is 2.07. The Morgan fingerprint density at radius 1 is 1.50 bits per heavy atom. The van der Waals surface area contributed by atoms with Crippen LogP contribution in [-0.4, -0.2) is 25.2 Å². The Bertz CT molecular complexity index is 318. The van der Waals surface area contributed by atoms with Crippen molar-refractivity contribution >= 4 is 33.4 Å². The van der Waals surface area contributed by atoms with Gasteiger partial charge in [-0.2, -0.15) is 0 Å². The molecule has 0 aliphatic heterocycles. The number of rotatable bonds is 1. The zero-order valence-electron chi connectivity index (χ0n) is 7.84. The van der Waals surface area contributed by atoms with Gasteiger partial charge in [0.25, 0.3) is 5.91 Å². The Morgan fingerprint density at radius 2 is 2.07 bits per heavy atom. The van der Waals surface area contributed by atoms with E-state index in [-0.39, 0.29) is 5.91 Å². The highest BCUT2D eigenvalue weighted by Gasteiger charge is 2.07. The van der Waals surface area contributed by atoms with Gasteiger partial charge in [0.2, 0.25) is 0 Å². The molecule has 1 amide bonds. The molecule has 1 rings (SSSR count). The normalized spacial score (nSPS) is 8.64. The summed E-state index contributed by atoms with van der Waals surface area (Å²) in [7, 11) is 2.57. The summed E-state index contributed by atoms with van der Waals surface area (Å²) in [6, 6.07) is 5.14. The molecule has 0 radical (unpaired) electrons. The average Bonchev–Trinajstić information content (AvgIpc) is 2.23. The van der Waals surface area contributed by atoms with Crippen LogP contribution in [0.3, 0.4) is 0 Å². The van der Waals surface area contributed by atoms with E-state index in [1.165, 1.54) is 0 Å². The highest BCUT2D eigenvalue weighted by molar-refractivity contribution is 9.10. The van der Waals surface area contributed by atoms with Crippen LogP contribution in [0.2, 0.25) is 5.02 Å². The Kier molecular flexibility index (Phi) is 6.53. The summed E-state index contributed by atoms with van der Waals surface area (Å²) in [5.41, 5.74) is 0.480. The molecule has 0 saturated heterocycles. The SMILES string of the molecule is CNC(=O)c1cc(Br)ccc1Cl.CO. The van der Waals surface area contributed by atoms with E-state index in [2.05, 4.69) is 21.2 Å². The number of nitrogens with one attached hydrogen (secondary N) is 1. The molecule has 0 heterocycles. The van der Waals surface area contributed by atoms with E-state index in [1.807, 2.05) is 0 Å². The summed E-state index contributed by atoms with van der Waals surface area (Å²) in [6.07, 6.45) is 0. The second-order valence-corrected chi connectivity index (χ2v) is 3.53. The largest absolute Gasteiger partial charge is 0.400 e. The molecule has 0 aliphatic carbocycles. The molecule has 5 heteroatoms. The first-order valence-corrected chi connectivity index (χ1v) is 4.94. The second-order valence-electron chi connectivity index (χ2n) is 2.20. The Balaban J connectivity index is 0.000000791. The third-order valence-corrected chi connectivity index (χ3v) is 2.22. The lowest BCUT2D eigenvalue weighted by Crippen LogP contribution is -2.18. The van der Waals surface area contributed by atoms with E-state index in [9.17, 15) is 4.79 Å². The van der Waals surface area contributed by atoms with Gasteiger partial charge in [0.05, 0.1) is 10.6 Å². The van der Waals surface area contributed by atoms with Gasteiger partial charge in [0.1, 0.15) is 0 Å². The second kappa shape index (κ2) is 6.81. The van der Waals surface area contributed by atoms with Gasteiger partial charge in [-0.05, 0) is 18.2 Å². The minimum absolute atomic E-state index is 0.179. The fourth-order valence-electron chi connectivity index (χ4n) is 0.806. The van der Waals surface area contributed by atoms with E-state index in [1.54, 1.807) is 25.2 Å². The smallest absolute Gasteiger partial charge is 0.252 e. The molecule has 0 aliphatic rings. The monoisotopic (exact) mass is 279 g/mol. The first kappa shape index (κ1) is 13.4. The zero-order valence-corrected chi connectivity index (χ0v) is 10.2. The third-order valence-electron chi connectivity index (χ3n) is 1.40. The van der Waals surface area contributed by atoms with Crippen LogP contribution in [0.4, 0.5) is 0 Å². The molecule has 1 aromatic rings. The van der Waals surface area contributed by atoms with Crippen LogP contribution in [0, 0.1) is 0 Å². The maximum absolute atomic E-state index is 11.2. The minimum Gasteiger partial charge on any atom is -0.400 e. The Hall–Kier alpha value is -0.580. The van der Waals surface area contributed by atoms with Crippen molar-refractivity contribution < 1.29 is 9.90 Å². The maximum Gasteiger partial charge on any atom is 0.252 e. The molecule has 0 fully saturated rings. The highest BCUT2D eigenvalue weighted by Crippen LogP contribution is 2.20. The van der Waals surface area contributed by atoms with Gasteiger partial charge in [0, 0.05) is 18.6 Å². The average molecular weight is 281 g/mol. The first-order chi connectivity index (χ1) is 6.65. The summed E-state index contributed by atoms with van der Waals surface area (Å²) in [5, 5.41) is 9.96. The predicted molar refractivity (Wildman–Crippen MR) is 60.7 cm³/mol. The topological polar surface area (TPSA) is 49.3 Å². The zero-order chi connectivity index (χ0) is 11.1. The van der Waals surface area contributed by atoms with Crippen LogP contribution in [0.15, 0.2) is 22.7 Å². The van der Waals surface area contributed by atoms with Crippen LogP contribution in [0.25, 0.3) is 0 Å². The number of carbonyl (C=O) groups is 1. The number of aliphatic hydroxyl groups is 1. The van der Waals surface area contributed by atoms with E-state index in [0.29, 0.717) is 10.6 Å². The molecular weight excluding hydrogens is 269 g/mol. The molecule has 0 aromatic heterocycles. The van der Waals surface area contributed by atoms with E-state index >= 15 is 0 Å². The van der Waals surface area contributed by atoms with E-state index < -0.39 is 0 Å². The fourth-order valence-corrected chi connectivity index (χ4v) is 1.37. The molecule has 0 spiro atoms. The van der Waals surface area contributed by atoms with Crippen LogP contribution < -0.4 is 5.32 Å². The highest BCUT2D eigenvalue weighted by atomic mass is 79.9. The van der Waals surface area contributed by atoms with Gasteiger partial charge in [0.15, 0.2) is 0 Å². The summed E-state index contributed by atoms with van der Waals surface area (Å²) in [4.78, 5) is 11.2. The van der Waals surface area contributed by atoms with Crippen LogP contribution in [0.5, 0.6) is 0 Å². The lowest BCUT2D eigenvalue weighted by molar-refractivity contribution is 0.0963. The van der Waals surface area contributed by atoms with Crippen molar-refractivity contribution in [1.82, 2.24) is 5.32 Å². The van der Waals surface area contributed by atoms with Gasteiger partial charge < -0.3 is 10.4 Å². The summed E-state index contributed by atoms with van der Waals surface area (Å²) in [6.45, 7) is 0. The fraction of sp³-hybridized carbons (Fsp3) is 0.222. The minimum atomic E-state index is -0.179. The molecule has 1 aromatic carbocycles. The van der Waals surface area contributed by atoms with Crippen molar-refractivity contribution in [3.8, 4) is 0 Å². The molecule has 0 saturated carbocycles. The molecule has 14 heavy (non-hydrogen) atoms. The molecule has 0 bridgehead atoms. The number of halogens is 2. The van der Waals surface area contributed by atoms with Crippen LogP contribution in [0.1, 0.15) is 10.4 Å². The van der Waals surface area contributed by atoms with Crippen molar-refractivity contribution in [3.05, 3.63) is 33.3 Å². The molecule has 0 unspecified atom stereocenters. The van der Waals surface area contributed by atoms with Gasteiger partial charge in [-0.3, -0.25) is 4.79 Å². The number of hydrogen-bond donors (Lipinski definition) is 2. The lowest BCUT2D eigenvalue weighted by atomic mass is 10.2. The standard InChI is InChI=1S/C8H7BrClNO.CH4O/c1-11-8(12)6-4-5(9)2-3-7(6)10;1-2/h2-4H,1H3,(H,11,12);2H,1H3. The summed E-state index contributed by atoms with van der Waals surface area (Å²) >= 11 is 9.04. The van der Waals surface area contributed by atoms with Gasteiger partial charge >= 0.3 is 0 Å². The molecular formula is C9H11BrClNO2. The van der Waals surface area contributed by atoms with E-state index in [4.69, 9.17) is 16.7 Å². The van der Waals surface area contributed by atoms with Gasteiger partial charge in [-0.25, -0.2) is 0 Å². The molecule has 0 atom stereocenters. The summed E-state index contributed by atoms with van der Waals surface area (Å²) < 4.78 is 0.838. The van der Waals surface area contributed by atoms with Gasteiger partial charge in [-0.15, -0.1) is 0 Å². The van der Waals surface area contributed by atoms with Crippen LogP contribution in [-0.2, 0) is 0 Å². The third kappa shape index (κ3) is 3.65. The molecule has 3 nitrogen and oxygen atoms in total. The molecule has 2 N–H and O–H groups in total. The number of benzene rings is 1. The van der Waals surface area contributed by atoms with Crippen molar-refractivity contribution in [3.63, 3.8) is 0 Å². The van der Waals surface area contributed by atoms with Crippen LogP contribution >= 0.6 is 27.5 Å². The van der Waals surface area contributed by atoms with Crippen molar-refractivity contribution in [2.45, 2.75) is 0 Å². The number of hydrogen-bond acceptors (Lipinski definition) is 2. The number of amides is 1. The van der Waals surface area contributed by atoms with Crippen molar-refractivity contribution in [2.24, 2.45) is 0 Å². The van der Waals surface area contributed by atoms with Crippen molar-refractivity contribution in [1.29, 1.82) is 0 Å². The number of carbonyl (C=O) groups excluding carboxylic acids is 1. The maximum atomic E-state index is 11.2. The Morgan fingerprint density at radius 3 is 2.57 bits per heavy atom. The molecule has 78 valence electrons. The van der Waals surface area contributed by atoms with Gasteiger partial charge in [-0.1, -0.05) is 27.5 Å².